The number of rotatable bonds is 5. The van der Waals surface area contributed by atoms with Crippen molar-refractivity contribution in [1.29, 1.82) is 0 Å². The monoisotopic (exact) mass is 372 g/mol. The van der Waals surface area contributed by atoms with Crippen LogP contribution in [0.3, 0.4) is 0 Å². The van der Waals surface area contributed by atoms with Crippen LogP contribution in [-0.2, 0) is 0 Å². The molecule has 0 unspecified atom stereocenters. The van der Waals surface area contributed by atoms with Crippen LogP contribution in [0, 0.1) is 24.0 Å². The summed E-state index contributed by atoms with van der Waals surface area (Å²) in [4.78, 5) is 26.2. The lowest BCUT2D eigenvalue weighted by atomic mass is 10.1. The Balaban J connectivity index is 2.13. The van der Waals surface area contributed by atoms with E-state index in [1.54, 1.807) is 0 Å². The first kappa shape index (κ1) is 19.1. The zero-order valence-corrected chi connectivity index (χ0v) is 14.9. The number of carbonyl (C=O) groups excluding carboxylic acids is 1. The fraction of sp³-hybridized carbons (Fsp3) is 0.111. The summed E-state index contributed by atoms with van der Waals surface area (Å²) in [7, 11) is 0. The molecule has 0 radical (unpaired) electrons. The normalized spacial score (nSPS) is 11.6. The summed E-state index contributed by atoms with van der Waals surface area (Å²) in [5, 5.41) is 14.2. The van der Waals surface area contributed by atoms with Crippen molar-refractivity contribution < 1.29 is 9.72 Å². The van der Waals surface area contributed by atoms with Gasteiger partial charge in [-0.2, -0.15) is 4.99 Å². The van der Waals surface area contributed by atoms with Crippen LogP contribution in [-0.4, -0.2) is 16.7 Å². The fourth-order valence-electron chi connectivity index (χ4n) is 2.11. The van der Waals surface area contributed by atoms with Gasteiger partial charge in [-0.3, -0.25) is 14.9 Å². The Bertz CT molecular complexity index is 923. The Kier molecular flexibility index (Phi) is 6.08. The van der Waals surface area contributed by atoms with E-state index in [0.717, 1.165) is 17.3 Å². The summed E-state index contributed by atoms with van der Waals surface area (Å²) < 4.78 is 0. The lowest BCUT2D eigenvalue weighted by Crippen LogP contribution is -2.12. The molecule has 8 heteroatoms. The number of anilines is 1. The molecule has 0 heterocycles. The van der Waals surface area contributed by atoms with Crippen molar-refractivity contribution in [2.45, 2.75) is 13.8 Å². The number of benzene rings is 2. The number of nitrogens with two attached hydrogens (primary N) is 1. The van der Waals surface area contributed by atoms with Crippen LogP contribution in [0.4, 0.5) is 11.4 Å². The van der Waals surface area contributed by atoms with Crippen LogP contribution in [0.2, 0.25) is 5.02 Å². The SMILES string of the molecule is Cc1ccc(N/C=C\C(N)=NC(=O)c2cc(Cl)ccc2[N+](=O)[O-])cc1C. The molecule has 1 amide bonds. The van der Waals surface area contributed by atoms with E-state index in [-0.39, 0.29) is 22.1 Å². The van der Waals surface area contributed by atoms with Crippen LogP contribution in [0.1, 0.15) is 21.5 Å². The molecule has 7 nitrogen and oxygen atoms in total. The summed E-state index contributed by atoms with van der Waals surface area (Å²) in [6, 6.07) is 9.52. The van der Waals surface area contributed by atoms with E-state index in [2.05, 4.69) is 10.3 Å². The lowest BCUT2D eigenvalue weighted by molar-refractivity contribution is -0.385. The van der Waals surface area contributed by atoms with Gasteiger partial charge in [-0.05, 0) is 55.3 Å². The van der Waals surface area contributed by atoms with Crippen molar-refractivity contribution in [3.8, 4) is 0 Å². The summed E-state index contributed by atoms with van der Waals surface area (Å²) in [5.41, 5.74) is 8.25. The Morgan fingerprint density at radius 2 is 1.96 bits per heavy atom. The van der Waals surface area contributed by atoms with Gasteiger partial charge in [0.25, 0.3) is 11.6 Å². The molecule has 0 aliphatic heterocycles. The Hall–Kier alpha value is -3.19. The zero-order chi connectivity index (χ0) is 19.3. The summed E-state index contributed by atoms with van der Waals surface area (Å²) in [5.74, 6) is -0.937. The molecule has 0 bridgehead atoms. The molecule has 0 aliphatic carbocycles. The largest absolute Gasteiger partial charge is 0.384 e. The van der Waals surface area contributed by atoms with Crippen molar-refractivity contribution >= 4 is 34.7 Å². The van der Waals surface area contributed by atoms with Crippen molar-refractivity contribution in [3.63, 3.8) is 0 Å². The minimum atomic E-state index is -0.840. The molecule has 3 N–H and O–H groups in total. The molecular formula is C18H17ClN4O3. The second kappa shape index (κ2) is 8.26. The lowest BCUT2D eigenvalue weighted by Gasteiger charge is -2.04. The molecule has 2 rings (SSSR count). The number of carbonyl (C=O) groups is 1. The molecule has 134 valence electrons. The van der Waals surface area contributed by atoms with E-state index < -0.39 is 10.8 Å². The average molecular weight is 373 g/mol. The first-order valence-electron chi connectivity index (χ1n) is 7.60. The first-order valence-corrected chi connectivity index (χ1v) is 7.98. The van der Waals surface area contributed by atoms with Gasteiger partial charge in [0, 0.05) is 23.0 Å². The van der Waals surface area contributed by atoms with Gasteiger partial charge in [0.05, 0.1) is 4.92 Å². The molecule has 2 aromatic rings. The number of nitrogens with one attached hydrogen (secondary N) is 1. The minimum absolute atomic E-state index is 0.0967. The van der Waals surface area contributed by atoms with Crippen LogP contribution in [0.25, 0.3) is 0 Å². The maximum atomic E-state index is 12.2. The van der Waals surface area contributed by atoms with Gasteiger partial charge in [0.15, 0.2) is 0 Å². The summed E-state index contributed by atoms with van der Waals surface area (Å²) >= 11 is 5.80. The van der Waals surface area contributed by atoms with Gasteiger partial charge in [-0.1, -0.05) is 17.7 Å². The molecule has 0 atom stereocenters. The predicted molar refractivity (Wildman–Crippen MR) is 103 cm³/mol. The number of hydrogen-bond acceptors (Lipinski definition) is 4. The third-order valence-corrected chi connectivity index (χ3v) is 3.86. The van der Waals surface area contributed by atoms with Crippen LogP contribution >= 0.6 is 11.6 Å². The number of aliphatic imine (C=N–C) groups is 1. The van der Waals surface area contributed by atoms with E-state index in [4.69, 9.17) is 17.3 Å². The van der Waals surface area contributed by atoms with Gasteiger partial charge >= 0.3 is 0 Å². The van der Waals surface area contributed by atoms with Gasteiger partial charge in [0.1, 0.15) is 11.4 Å². The van der Waals surface area contributed by atoms with E-state index in [1.807, 2.05) is 32.0 Å². The highest BCUT2D eigenvalue weighted by Gasteiger charge is 2.20. The second-order valence-electron chi connectivity index (χ2n) is 5.54. The molecule has 0 aromatic heterocycles. The minimum Gasteiger partial charge on any atom is -0.384 e. The molecular weight excluding hydrogens is 356 g/mol. The molecule has 0 fully saturated rings. The number of halogens is 1. The Morgan fingerprint density at radius 3 is 2.62 bits per heavy atom. The standard InChI is InChI=1S/C18H17ClN4O3/c1-11-3-5-14(9-12(11)2)21-8-7-17(20)22-18(24)15-10-13(19)4-6-16(15)23(25)26/h3-10,21H,1-2H3,(H2,20,22,24)/b8-7-. The highest BCUT2D eigenvalue weighted by molar-refractivity contribution is 6.31. The highest BCUT2D eigenvalue weighted by Crippen LogP contribution is 2.23. The fourth-order valence-corrected chi connectivity index (χ4v) is 2.28. The van der Waals surface area contributed by atoms with E-state index >= 15 is 0 Å². The molecule has 2 aromatic carbocycles. The summed E-state index contributed by atoms with van der Waals surface area (Å²) in [6.45, 7) is 4.01. The van der Waals surface area contributed by atoms with E-state index in [0.29, 0.717) is 0 Å². The number of hydrogen-bond donors (Lipinski definition) is 2. The predicted octanol–water partition coefficient (Wildman–Crippen LogP) is 3.99. The van der Waals surface area contributed by atoms with E-state index in [9.17, 15) is 14.9 Å². The van der Waals surface area contributed by atoms with Crippen LogP contribution in [0.15, 0.2) is 53.7 Å². The maximum Gasteiger partial charge on any atom is 0.285 e. The van der Waals surface area contributed by atoms with E-state index in [1.165, 1.54) is 30.0 Å². The van der Waals surface area contributed by atoms with Crippen molar-refractivity contribution in [2.24, 2.45) is 10.7 Å². The zero-order valence-electron chi connectivity index (χ0n) is 14.2. The number of nitrogens with zero attached hydrogens (tertiary/aromatic N) is 2. The van der Waals surface area contributed by atoms with Crippen molar-refractivity contribution in [1.82, 2.24) is 0 Å². The second-order valence-corrected chi connectivity index (χ2v) is 5.97. The molecule has 0 saturated carbocycles. The smallest absolute Gasteiger partial charge is 0.285 e. The molecule has 0 aliphatic rings. The quantitative estimate of drug-likeness (QED) is 0.357. The van der Waals surface area contributed by atoms with Gasteiger partial charge in [-0.25, -0.2) is 0 Å². The van der Waals surface area contributed by atoms with Gasteiger partial charge < -0.3 is 11.1 Å². The molecule has 0 saturated heterocycles. The topological polar surface area (TPSA) is 111 Å². The first-order chi connectivity index (χ1) is 12.3. The maximum absolute atomic E-state index is 12.2. The Morgan fingerprint density at radius 1 is 1.23 bits per heavy atom. The third kappa shape index (κ3) is 4.90. The van der Waals surface area contributed by atoms with Crippen LogP contribution < -0.4 is 11.1 Å². The molecule has 0 spiro atoms. The Labute approximate surface area is 155 Å². The molecule has 26 heavy (non-hydrogen) atoms. The number of amidine groups is 1. The van der Waals surface area contributed by atoms with Gasteiger partial charge in [-0.15, -0.1) is 0 Å². The van der Waals surface area contributed by atoms with Gasteiger partial charge in [0.2, 0.25) is 0 Å². The average Bonchev–Trinajstić information content (AvgIpc) is 2.57. The van der Waals surface area contributed by atoms with Crippen molar-refractivity contribution in [2.75, 3.05) is 5.32 Å². The number of aryl methyl sites for hydroxylation is 2. The number of nitro groups is 1. The highest BCUT2D eigenvalue weighted by atomic mass is 35.5. The summed E-state index contributed by atoms with van der Waals surface area (Å²) in [6.07, 6.45) is 2.92. The number of nitro benzene ring substituents is 1. The number of amides is 1. The third-order valence-electron chi connectivity index (χ3n) is 3.63. The van der Waals surface area contributed by atoms with Crippen LogP contribution in [0.5, 0.6) is 0 Å². The van der Waals surface area contributed by atoms with Crippen molar-refractivity contribution in [3.05, 3.63) is 80.5 Å².